The number of nitrogen functional groups attached to an aromatic ring is 1. The number of nitrogens with two attached hydrogens (primary N) is 1. The molecule has 10 nitrogen and oxygen atoms in total. The van der Waals surface area contributed by atoms with Gasteiger partial charge in [-0.25, -0.2) is 9.97 Å². The fourth-order valence-electron chi connectivity index (χ4n) is 3.77. The van der Waals surface area contributed by atoms with E-state index < -0.39 is 5.66 Å². The number of amides is 1. The Balaban J connectivity index is 1.87. The zero-order valence-corrected chi connectivity index (χ0v) is 14.7. The third kappa shape index (κ3) is 2.51. The van der Waals surface area contributed by atoms with Crippen molar-refractivity contribution in [2.75, 3.05) is 24.1 Å². The van der Waals surface area contributed by atoms with Gasteiger partial charge in [0.15, 0.2) is 5.82 Å². The van der Waals surface area contributed by atoms with Crippen LogP contribution in [0.5, 0.6) is 0 Å². The highest BCUT2D eigenvalue weighted by Gasteiger charge is 2.45. The molecule has 1 amide bonds. The summed E-state index contributed by atoms with van der Waals surface area (Å²) in [4.78, 5) is 33.6. The molecular weight excluding hydrogens is 348 g/mol. The number of piperidine rings is 1. The lowest BCUT2D eigenvalue weighted by molar-refractivity contribution is 0.0892. The number of aryl methyl sites for hydroxylation is 1. The summed E-state index contributed by atoms with van der Waals surface area (Å²) in [6.07, 6.45) is 2.71. The van der Waals surface area contributed by atoms with Gasteiger partial charge >= 0.3 is 0 Å². The molecule has 10 heteroatoms. The molecule has 0 bridgehead atoms. The van der Waals surface area contributed by atoms with Crippen molar-refractivity contribution in [3.63, 3.8) is 0 Å². The number of nitrogens with one attached hydrogen (secondary N) is 3. The number of aromatic nitrogens is 3. The third-order valence-corrected chi connectivity index (χ3v) is 4.98. The molecule has 1 saturated heterocycles. The van der Waals surface area contributed by atoms with E-state index in [1.54, 1.807) is 13.0 Å². The van der Waals surface area contributed by atoms with Gasteiger partial charge in [-0.15, -0.1) is 0 Å². The van der Waals surface area contributed by atoms with E-state index in [4.69, 9.17) is 5.73 Å². The molecule has 0 radical (unpaired) electrons. The van der Waals surface area contributed by atoms with Gasteiger partial charge < -0.3 is 21.7 Å². The SMILES string of the molecule is Cc1cc(Nc2ncnc(N)c2C#N)c(=O)n2c1C(=O)NC21CCCNC1. The van der Waals surface area contributed by atoms with Crippen LogP contribution in [0.25, 0.3) is 0 Å². The van der Waals surface area contributed by atoms with E-state index in [-0.39, 0.29) is 34.4 Å². The molecule has 1 atom stereocenters. The molecule has 27 heavy (non-hydrogen) atoms. The van der Waals surface area contributed by atoms with Crippen molar-refractivity contribution in [1.82, 2.24) is 25.2 Å². The number of nitrogens with zero attached hydrogens (tertiary/aromatic N) is 4. The Morgan fingerprint density at radius 2 is 2.22 bits per heavy atom. The molecule has 0 aliphatic carbocycles. The van der Waals surface area contributed by atoms with E-state index in [0.717, 1.165) is 13.0 Å². The molecule has 5 N–H and O–H groups in total. The number of hydrogen-bond donors (Lipinski definition) is 4. The fourth-order valence-corrected chi connectivity index (χ4v) is 3.77. The first-order chi connectivity index (χ1) is 13.0. The number of pyridine rings is 1. The smallest absolute Gasteiger partial charge is 0.276 e. The largest absolute Gasteiger partial charge is 0.382 e. The Morgan fingerprint density at radius 3 is 2.93 bits per heavy atom. The lowest BCUT2D eigenvalue weighted by Gasteiger charge is -2.35. The first-order valence-corrected chi connectivity index (χ1v) is 8.55. The van der Waals surface area contributed by atoms with Crippen molar-refractivity contribution in [2.45, 2.75) is 25.4 Å². The Morgan fingerprint density at radius 1 is 1.41 bits per heavy atom. The van der Waals surface area contributed by atoms with Gasteiger partial charge in [-0.1, -0.05) is 0 Å². The number of nitriles is 1. The number of carbonyl (C=O) groups excluding carboxylic acids is 1. The monoisotopic (exact) mass is 366 g/mol. The van der Waals surface area contributed by atoms with E-state index in [2.05, 4.69) is 25.9 Å². The van der Waals surface area contributed by atoms with Crippen molar-refractivity contribution < 1.29 is 4.79 Å². The molecule has 0 aromatic carbocycles. The van der Waals surface area contributed by atoms with Crippen LogP contribution in [0, 0.1) is 18.3 Å². The van der Waals surface area contributed by atoms with Gasteiger partial charge in [0.1, 0.15) is 40.8 Å². The Kier molecular flexibility index (Phi) is 3.82. The van der Waals surface area contributed by atoms with Gasteiger partial charge in [-0.05, 0) is 37.9 Å². The van der Waals surface area contributed by atoms with Gasteiger partial charge in [0, 0.05) is 6.54 Å². The van der Waals surface area contributed by atoms with Crippen LogP contribution in [0.2, 0.25) is 0 Å². The van der Waals surface area contributed by atoms with Crippen LogP contribution < -0.4 is 27.2 Å². The lowest BCUT2D eigenvalue weighted by Crippen LogP contribution is -2.56. The summed E-state index contributed by atoms with van der Waals surface area (Å²) in [6.45, 7) is 3.08. The summed E-state index contributed by atoms with van der Waals surface area (Å²) in [5.74, 6) is -0.0863. The molecule has 4 rings (SSSR count). The van der Waals surface area contributed by atoms with E-state index in [0.29, 0.717) is 24.2 Å². The van der Waals surface area contributed by atoms with Crippen LogP contribution in [-0.4, -0.2) is 33.5 Å². The summed E-state index contributed by atoms with van der Waals surface area (Å²) < 4.78 is 1.52. The summed E-state index contributed by atoms with van der Waals surface area (Å²) >= 11 is 0. The molecule has 1 unspecified atom stereocenters. The summed E-state index contributed by atoms with van der Waals surface area (Å²) in [7, 11) is 0. The average Bonchev–Trinajstić information content (AvgIpc) is 2.92. The molecule has 0 saturated carbocycles. The maximum Gasteiger partial charge on any atom is 0.276 e. The van der Waals surface area contributed by atoms with Crippen molar-refractivity contribution in [2.24, 2.45) is 0 Å². The topological polar surface area (TPSA) is 151 Å². The van der Waals surface area contributed by atoms with E-state index in [9.17, 15) is 14.9 Å². The van der Waals surface area contributed by atoms with Crippen molar-refractivity contribution in [3.8, 4) is 6.07 Å². The second-order valence-electron chi connectivity index (χ2n) is 6.72. The number of carbonyl (C=O) groups is 1. The molecule has 138 valence electrons. The van der Waals surface area contributed by atoms with Crippen molar-refractivity contribution in [1.29, 1.82) is 5.26 Å². The number of rotatable bonds is 2. The lowest BCUT2D eigenvalue weighted by atomic mass is 10.00. The zero-order chi connectivity index (χ0) is 19.2. The van der Waals surface area contributed by atoms with Crippen LogP contribution in [0.1, 0.15) is 34.5 Å². The van der Waals surface area contributed by atoms with Gasteiger partial charge in [-0.3, -0.25) is 14.2 Å². The summed E-state index contributed by atoms with van der Waals surface area (Å²) in [5, 5.41) is 18.4. The van der Waals surface area contributed by atoms with E-state index >= 15 is 0 Å². The quantitative estimate of drug-likeness (QED) is 0.576. The summed E-state index contributed by atoms with van der Waals surface area (Å²) in [6, 6.07) is 3.52. The van der Waals surface area contributed by atoms with E-state index in [1.807, 2.05) is 6.07 Å². The van der Waals surface area contributed by atoms with Gasteiger partial charge in [0.25, 0.3) is 11.5 Å². The molecular formula is C17H18N8O2. The van der Waals surface area contributed by atoms with Gasteiger partial charge in [0.05, 0.1) is 0 Å². The van der Waals surface area contributed by atoms with Crippen LogP contribution in [0.4, 0.5) is 17.3 Å². The second kappa shape index (κ2) is 6.07. The highest BCUT2D eigenvalue weighted by molar-refractivity contribution is 5.97. The van der Waals surface area contributed by atoms with Crippen molar-refractivity contribution >= 4 is 23.2 Å². The minimum Gasteiger partial charge on any atom is -0.382 e. The maximum atomic E-state index is 13.2. The molecule has 2 aliphatic heterocycles. The highest BCUT2D eigenvalue weighted by Crippen LogP contribution is 2.31. The molecule has 1 spiro atoms. The van der Waals surface area contributed by atoms with Crippen LogP contribution in [0.3, 0.4) is 0 Å². The number of fused-ring (bicyclic) bond motifs is 2. The molecule has 4 heterocycles. The predicted octanol–water partition coefficient (Wildman–Crippen LogP) is -0.0762. The van der Waals surface area contributed by atoms with Gasteiger partial charge in [-0.2, -0.15) is 5.26 Å². The van der Waals surface area contributed by atoms with E-state index in [1.165, 1.54) is 10.9 Å². The molecule has 1 fully saturated rings. The number of anilines is 3. The molecule has 2 aromatic heterocycles. The first-order valence-electron chi connectivity index (χ1n) is 8.55. The average molecular weight is 366 g/mol. The Hall–Kier alpha value is -3.45. The minimum atomic E-state index is -0.785. The Bertz CT molecular complexity index is 1050. The minimum absolute atomic E-state index is 0.0257. The summed E-state index contributed by atoms with van der Waals surface area (Å²) in [5.41, 5.74) is 5.85. The van der Waals surface area contributed by atoms with Crippen LogP contribution in [0.15, 0.2) is 17.2 Å². The fraction of sp³-hybridized carbons (Fsp3) is 0.353. The van der Waals surface area contributed by atoms with Crippen LogP contribution in [-0.2, 0) is 5.66 Å². The standard InChI is InChI=1S/C17H18N8O2/c1-9-5-11(23-14-10(6-18)13(19)21-8-22-14)16(27)25-12(9)15(26)24-17(25)3-2-4-20-7-17/h5,8,20H,2-4,7H2,1H3,(H,24,26)(H3,19,21,22,23). The molecule has 2 aliphatic rings. The maximum absolute atomic E-state index is 13.2. The van der Waals surface area contributed by atoms with Crippen LogP contribution >= 0.6 is 0 Å². The first kappa shape index (κ1) is 17.0. The Labute approximate surface area is 154 Å². The second-order valence-corrected chi connectivity index (χ2v) is 6.72. The van der Waals surface area contributed by atoms with Crippen molar-refractivity contribution in [3.05, 3.63) is 39.6 Å². The molecule has 2 aromatic rings. The normalized spacial score (nSPS) is 20.8. The number of hydrogen-bond acceptors (Lipinski definition) is 8. The third-order valence-electron chi connectivity index (χ3n) is 4.98. The predicted molar refractivity (Wildman–Crippen MR) is 97.4 cm³/mol. The highest BCUT2D eigenvalue weighted by atomic mass is 16.2. The van der Waals surface area contributed by atoms with Gasteiger partial charge in [0.2, 0.25) is 0 Å². The zero-order valence-electron chi connectivity index (χ0n) is 14.7.